The fourth-order valence-corrected chi connectivity index (χ4v) is 4.45. The molecule has 130 valence electrons. The molecule has 0 spiro atoms. The summed E-state index contributed by atoms with van der Waals surface area (Å²) in [5.41, 5.74) is 2.27. The van der Waals surface area contributed by atoms with Crippen LogP contribution in [0, 0.1) is 0 Å². The number of fused-ring (bicyclic) bond motifs is 1. The lowest BCUT2D eigenvalue weighted by atomic mass is 10.1. The third-order valence-electron chi connectivity index (χ3n) is 3.94. The fraction of sp³-hybridized carbons (Fsp3) is 0. The van der Waals surface area contributed by atoms with Gasteiger partial charge < -0.3 is 5.32 Å². The number of hydrogen-bond donors (Lipinski definition) is 2. The molecule has 4 rings (SSSR count). The number of carbonyl (C=O) groups is 1. The van der Waals surface area contributed by atoms with E-state index in [0.717, 1.165) is 4.88 Å². The van der Waals surface area contributed by atoms with E-state index in [2.05, 4.69) is 10.0 Å². The molecular weight excluding hydrogens is 368 g/mol. The van der Waals surface area contributed by atoms with Gasteiger partial charge in [-0.3, -0.25) is 9.52 Å². The zero-order valence-electron chi connectivity index (χ0n) is 13.5. The van der Waals surface area contributed by atoms with Crippen LogP contribution in [0.2, 0.25) is 0 Å². The molecule has 0 atom stereocenters. The number of sulfonamides is 1. The summed E-state index contributed by atoms with van der Waals surface area (Å²) in [6.07, 6.45) is 1.81. The van der Waals surface area contributed by atoms with Gasteiger partial charge in [0.05, 0.1) is 10.5 Å². The van der Waals surface area contributed by atoms with Crippen molar-refractivity contribution in [3.05, 3.63) is 76.5 Å². The summed E-state index contributed by atoms with van der Waals surface area (Å²) < 4.78 is 27.6. The van der Waals surface area contributed by atoms with Gasteiger partial charge in [-0.15, -0.1) is 11.3 Å². The van der Waals surface area contributed by atoms with E-state index in [4.69, 9.17) is 0 Å². The Morgan fingerprint density at radius 3 is 2.54 bits per heavy atom. The maximum absolute atomic E-state index is 12.5. The van der Waals surface area contributed by atoms with Gasteiger partial charge in [-0.05, 0) is 47.9 Å². The molecule has 0 aliphatic carbocycles. The molecule has 0 unspecified atom stereocenters. The predicted octanol–water partition coefficient (Wildman–Crippen LogP) is 4.04. The zero-order chi connectivity index (χ0) is 18.1. The number of rotatable bonds is 4. The Morgan fingerprint density at radius 2 is 1.81 bits per heavy atom. The molecule has 7 heteroatoms. The quantitative estimate of drug-likeness (QED) is 0.669. The predicted molar refractivity (Wildman–Crippen MR) is 105 cm³/mol. The van der Waals surface area contributed by atoms with Crippen LogP contribution in [0.15, 0.2) is 70.9 Å². The van der Waals surface area contributed by atoms with Gasteiger partial charge in [0.1, 0.15) is 0 Å². The minimum Gasteiger partial charge on any atom is -0.321 e. The highest BCUT2D eigenvalue weighted by Crippen LogP contribution is 2.36. The minimum atomic E-state index is -3.68. The van der Waals surface area contributed by atoms with E-state index in [0.29, 0.717) is 22.5 Å². The maximum Gasteiger partial charge on any atom is 0.261 e. The number of amides is 1. The summed E-state index contributed by atoms with van der Waals surface area (Å²) in [4.78, 5) is 13.4. The Labute approximate surface area is 155 Å². The van der Waals surface area contributed by atoms with Crippen molar-refractivity contribution in [1.82, 2.24) is 0 Å². The molecule has 0 bridgehead atoms. The molecule has 3 aromatic rings. The standard InChI is InChI=1S/C19H14N2O3S2/c22-19-17(12-14-5-4-10-25-14)16-11-13(8-9-18(16)20-19)21-26(23,24)15-6-2-1-3-7-15/h1-12,21H,(H,20,22). The van der Waals surface area contributed by atoms with Gasteiger partial charge in [0, 0.05) is 21.8 Å². The number of anilines is 2. The molecule has 26 heavy (non-hydrogen) atoms. The van der Waals surface area contributed by atoms with Crippen LogP contribution in [0.4, 0.5) is 11.4 Å². The Kier molecular flexibility index (Phi) is 4.10. The zero-order valence-corrected chi connectivity index (χ0v) is 15.1. The molecule has 1 amide bonds. The molecule has 2 N–H and O–H groups in total. The van der Waals surface area contributed by atoms with Gasteiger partial charge >= 0.3 is 0 Å². The van der Waals surface area contributed by atoms with Gasteiger partial charge in [-0.1, -0.05) is 24.3 Å². The van der Waals surface area contributed by atoms with Crippen molar-refractivity contribution in [2.24, 2.45) is 0 Å². The van der Waals surface area contributed by atoms with E-state index >= 15 is 0 Å². The highest BCUT2D eigenvalue weighted by Gasteiger charge is 2.25. The summed E-state index contributed by atoms with van der Waals surface area (Å²) in [5, 5.41) is 4.74. The van der Waals surface area contributed by atoms with Crippen LogP contribution in [0.25, 0.3) is 11.6 Å². The molecule has 1 aromatic heterocycles. The van der Waals surface area contributed by atoms with Crippen molar-refractivity contribution in [1.29, 1.82) is 0 Å². The van der Waals surface area contributed by atoms with Crippen molar-refractivity contribution in [2.75, 3.05) is 10.0 Å². The minimum absolute atomic E-state index is 0.184. The first-order chi connectivity index (χ1) is 12.5. The lowest BCUT2D eigenvalue weighted by Crippen LogP contribution is -2.12. The first kappa shape index (κ1) is 16.6. The molecule has 1 aliphatic heterocycles. The Balaban J connectivity index is 1.70. The fourth-order valence-electron chi connectivity index (χ4n) is 2.72. The monoisotopic (exact) mass is 382 g/mol. The second-order valence-corrected chi connectivity index (χ2v) is 8.37. The maximum atomic E-state index is 12.5. The Hall–Kier alpha value is -2.90. The molecule has 1 aliphatic rings. The molecular formula is C19H14N2O3S2. The lowest BCUT2D eigenvalue weighted by Gasteiger charge is -2.09. The summed E-state index contributed by atoms with van der Waals surface area (Å²) >= 11 is 1.53. The lowest BCUT2D eigenvalue weighted by molar-refractivity contribution is -0.110. The number of carbonyl (C=O) groups excluding carboxylic acids is 1. The highest BCUT2D eigenvalue weighted by molar-refractivity contribution is 7.92. The molecule has 0 radical (unpaired) electrons. The first-order valence-corrected chi connectivity index (χ1v) is 10.2. The van der Waals surface area contributed by atoms with Crippen LogP contribution >= 0.6 is 11.3 Å². The van der Waals surface area contributed by atoms with Crippen LogP contribution < -0.4 is 10.0 Å². The second kappa shape index (κ2) is 6.44. The topological polar surface area (TPSA) is 75.3 Å². The van der Waals surface area contributed by atoms with Crippen LogP contribution in [-0.2, 0) is 14.8 Å². The summed E-state index contributed by atoms with van der Waals surface area (Å²) in [5.74, 6) is -0.198. The molecule has 2 heterocycles. The Morgan fingerprint density at radius 1 is 1.00 bits per heavy atom. The number of nitrogens with one attached hydrogen (secondary N) is 2. The molecule has 0 saturated heterocycles. The van der Waals surface area contributed by atoms with Crippen molar-refractivity contribution in [2.45, 2.75) is 4.90 Å². The largest absolute Gasteiger partial charge is 0.321 e. The van der Waals surface area contributed by atoms with E-state index in [9.17, 15) is 13.2 Å². The SMILES string of the molecule is O=C1Nc2ccc(NS(=O)(=O)c3ccccc3)cc2C1=Cc1cccs1. The number of hydrogen-bond acceptors (Lipinski definition) is 4. The van der Waals surface area contributed by atoms with Crippen molar-refractivity contribution >= 4 is 50.3 Å². The second-order valence-electron chi connectivity index (χ2n) is 5.71. The van der Waals surface area contributed by atoms with Crippen LogP contribution in [-0.4, -0.2) is 14.3 Å². The van der Waals surface area contributed by atoms with Gasteiger partial charge in [-0.2, -0.15) is 0 Å². The van der Waals surface area contributed by atoms with E-state index in [-0.39, 0.29) is 10.8 Å². The van der Waals surface area contributed by atoms with Crippen LogP contribution in [0.5, 0.6) is 0 Å². The third kappa shape index (κ3) is 3.14. The average Bonchev–Trinajstić information content (AvgIpc) is 3.24. The van der Waals surface area contributed by atoms with Crippen LogP contribution in [0.3, 0.4) is 0 Å². The van der Waals surface area contributed by atoms with Crippen molar-refractivity contribution in [3.8, 4) is 0 Å². The highest BCUT2D eigenvalue weighted by atomic mass is 32.2. The summed E-state index contributed by atoms with van der Waals surface area (Å²) in [6, 6.07) is 17.0. The average molecular weight is 382 g/mol. The smallest absolute Gasteiger partial charge is 0.261 e. The van der Waals surface area contributed by atoms with Crippen LogP contribution in [0.1, 0.15) is 10.4 Å². The van der Waals surface area contributed by atoms with E-state index in [1.807, 2.05) is 17.5 Å². The number of benzene rings is 2. The normalized spacial score (nSPS) is 14.9. The van der Waals surface area contributed by atoms with Gasteiger partial charge in [0.25, 0.3) is 15.9 Å². The molecule has 0 fully saturated rings. The number of thiophene rings is 1. The van der Waals surface area contributed by atoms with Crippen molar-refractivity contribution in [3.63, 3.8) is 0 Å². The summed E-state index contributed by atoms with van der Waals surface area (Å²) in [6.45, 7) is 0. The summed E-state index contributed by atoms with van der Waals surface area (Å²) in [7, 11) is -3.68. The Bertz CT molecular complexity index is 1100. The van der Waals surface area contributed by atoms with Gasteiger partial charge in [0.15, 0.2) is 0 Å². The first-order valence-electron chi connectivity index (χ1n) is 7.82. The molecule has 2 aromatic carbocycles. The molecule has 5 nitrogen and oxygen atoms in total. The van der Waals surface area contributed by atoms with Gasteiger partial charge in [-0.25, -0.2) is 8.42 Å². The van der Waals surface area contributed by atoms with Gasteiger partial charge in [0.2, 0.25) is 0 Å². The van der Waals surface area contributed by atoms with E-state index in [1.165, 1.54) is 23.5 Å². The van der Waals surface area contributed by atoms with E-state index < -0.39 is 10.0 Å². The molecule has 0 saturated carbocycles. The van der Waals surface area contributed by atoms with Crippen molar-refractivity contribution < 1.29 is 13.2 Å². The third-order valence-corrected chi connectivity index (χ3v) is 6.15. The van der Waals surface area contributed by atoms with E-state index in [1.54, 1.807) is 42.5 Å².